The zero-order chi connectivity index (χ0) is 16.1. The van der Waals surface area contributed by atoms with Gasteiger partial charge in [-0.3, -0.25) is 4.79 Å². The van der Waals surface area contributed by atoms with E-state index < -0.39 is 0 Å². The van der Waals surface area contributed by atoms with Crippen LogP contribution in [0.5, 0.6) is 0 Å². The number of benzene rings is 2. The van der Waals surface area contributed by atoms with Crippen molar-refractivity contribution in [1.82, 2.24) is 4.90 Å². The Morgan fingerprint density at radius 1 is 0.957 bits per heavy atom. The third-order valence-electron chi connectivity index (χ3n) is 4.08. The van der Waals surface area contributed by atoms with E-state index in [1.165, 1.54) is 0 Å². The lowest BCUT2D eigenvalue weighted by molar-refractivity contribution is -0.126. The molecule has 1 unspecified atom stereocenters. The van der Waals surface area contributed by atoms with E-state index in [1.54, 1.807) is 6.08 Å². The summed E-state index contributed by atoms with van der Waals surface area (Å²) in [6, 6.07) is 20.1. The molecule has 1 aliphatic rings. The van der Waals surface area contributed by atoms with Crippen molar-refractivity contribution >= 4 is 5.91 Å². The number of amides is 1. The summed E-state index contributed by atoms with van der Waals surface area (Å²) in [6.45, 7) is 3.20. The van der Waals surface area contributed by atoms with Crippen LogP contribution in [0, 0.1) is 0 Å². The highest BCUT2D eigenvalue weighted by atomic mass is 16.5. The maximum atomic E-state index is 12.3. The first-order valence-electron chi connectivity index (χ1n) is 8.00. The minimum atomic E-state index is 0.0198. The standard InChI is InChI=1S/C20H21NO2/c1-2-18-19(23-15-17-11-7-4-8-12-17)13-20(22)21(18)14-16-9-5-3-6-10-16/h3-13,18H,2,14-15H2,1H3. The second-order valence-electron chi connectivity index (χ2n) is 5.70. The van der Waals surface area contributed by atoms with Gasteiger partial charge in [0.1, 0.15) is 12.4 Å². The van der Waals surface area contributed by atoms with Gasteiger partial charge in [-0.05, 0) is 17.5 Å². The summed E-state index contributed by atoms with van der Waals surface area (Å²) < 4.78 is 5.93. The molecule has 3 rings (SSSR count). The molecule has 2 aromatic carbocycles. The lowest BCUT2D eigenvalue weighted by Crippen LogP contribution is -2.34. The van der Waals surface area contributed by atoms with Gasteiger partial charge in [0, 0.05) is 12.6 Å². The Labute approximate surface area is 137 Å². The van der Waals surface area contributed by atoms with Crippen LogP contribution in [0.2, 0.25) is 0 Å². The fourth-order valence-corrected chi connectivity index (χ4v) is 2.88. The summed E-state index contributed by atoms with van der Waals surface area (Å²) in [5.41, 5.74) is 2.24. The summed E-state index contributed by atoms with van der Waals surface area (Å²) in [7, 11) is 0. The number of nitrogens with zero attached hydrogens (tertiary/aromatic N) is 1. The zero-order valence-corrected chi connectivity index (χ0v) is 13.3. The number of carbonyl (C=O) groups excluding carboxylic acids is 1. The van der Waals surface area contributed by atoms with Crippen LogP contribution in [0.4, 0.5) is 0 Å². The molecule has 1 atom stereocenters. The van der Waals surface area contributed by atoms with E-state index in [0.717, 1.165) is 23.3 Å². The number of carbonyl (C=O) groups is 1. The predicted molar refractivity (Wildman–Crippen MR) is 90.4 cm³/mol. The van der Waals surface area contributed by atoms with Crippen LogP contribution in [0.3, 0.4) is 0 Å². The normalized spacial score (nSPS) is 17.3. The van der Waals surface area contributed by atoms with Gasteiger partial charge in [-0.15, -0.1) is 0 Å². The van der Waals surface area contributed by atoms with Crippen LogP contribution in [0.15, 0.2) is 72.5 Å². The first kappa shape index (κ1) is 15.3. The van der Waals surface area contributed by atoms with Gasteiger partial charge in [0.15, 0.2) is 0 Å². The van der Waals surface area contributed by atoms with Gasteiger partial charge >= 0.3 is 0 Å². The molecule has 0 radical (unpaired) electrons. The van der Waals surface area contributed by atoms with Gasteiger partial charge in [-0.25, -0.2) is 0 Å². The molecule has 3 nitrogen and oxygen atoms in total. The van der Waals surface area contributed by atoms with Crippen molar-refractivity contribution in [3.05, 3.63) is 83.6 Å². The molecule has 0 aliphatic carbocycles. The van der Waals surface area contributed by atoms with E-state index in [4.69, 9.17) is 4.74 Å². The van der Waals surface area contributed by atoms with E-state index >= 15 is 0 Å². The molecule has 0 fully saturated rings. The van der Waals surface area contributed by atoms with Crippen LogP contribution < -0.4 is 0 Å². The van der Waals surface area contributed by atoms with Crippen LogP contribution >= 0.6 is 0 Å². The third kappa shape index (κ3) is 3.62. The molecule has 0 saturated heterocycles. The lowest BCUT2D eigenvalue weighted by Gasteiger charge is -2.26. The maximum Gasteiger partial charge on any atom is 0.250 e. The number of hydrogen-bond acceptors (Lipinski definition) is 2. The Hall–Kier alpha value is -2.55. The number of hydrogen-bond donors (Lipinski definition) is 0. The van der Waals surface area contributed by atoms with Gasteiger partial charge < -0.3 is 9.64 Å². The summed E-state index contributed by atoms with van der Waals surface area (Å²) in [6.07, 6.45) is 2.49. The number of rotatable bonds is 6. The van der Waals surface area contributed by atoms with Crippen LogP contribution in [0.1, 0.15) is 24.5 Å². The molecule has 0 spiro atoms. The van der Waals surface area contributed by atoms with Crippen molar-refractivity contribution in [2.24, 2.45) is 0 Å². The minimum Gasteiger partial charge on any atom is -0.491 e. The van der Waals surface area contributed by atoms with E-state index in [-0.39, 0.29) is 11.9 Å². The minimum absolute atomic E-state index is 0.0198. The predicted octanol–water partition coefficient (Wildman–Crippen LogP) is 3.91. The SMILES string of the molecule is CCC1C(OCc2ccccc2)=CC(=O)N1Cc1ccccc1. The Kier molecular flexibility index (Phi) is 4.77. The van der Waals surface area contributed by atoms with Gasteiger partial charge in [0.05, 0.1) is 6.04 Å². The molecule has 1 heterocycles. The van der Waals surface area contributed by atoms with E-state index in [0.29, 0.717) is 13.2 Å². The fourth-order valence-electron chi connectivity index (χ4n) is 2.88. The van der Waals surface area contributed by atoms with Crippen molar-refractivity contribution in [3.8, 4) is 0 Å². The average Bonchev–Trinajstić information content (AvgIpc) is 2.90. The van der Waals surface area contributed by atoms with E-state index in [9.17, 15) is 4.79 Å². The smallest absolute Gasteiger partial charge is 0.250 e. The topological polar surface area (TPSA) is 29.5 Å². The quantitative estimate of drug-likeness (QED) is 0.810. The van der Waals surface area contributed by atoms with E-state index in [1.807, 2.05) is 65.6 Å². The van der Waals surface area contributed by atoms with Gasteiger partial charge in [-0.2, -0.15) is 0 Å². The third-order valence-corrected chi connectivity index (χ3v) is 4.08. The average molecular weight is 307 g/mol. The highest BCUT2D eigenvalue weighted by molar-refractivity contribution is 5.91. The summed E-state index contributed by atoms with van der Waals surface area (Å²) in [4.78, 5) is 14.2. The summed E-state index contributed by atoms with van der Waals surface area (Å²) >= 11 is 0. The zero-order valence-electron chi connectivity index (χ0n) is 13.3. The molecule has 1 amide bonds. The van der Waals surface area contributed by atoms with Crippen molar-refractivity contribution in [2.45, 2.75) is 32.5 Å². The monoisotopic (exact) mass is 307 g/mol. The summed E-state index contributed by atoms with van der Waals surface area (Å²) in [5.74, 6) is 0.807. The van der Waals surface area contributed by atoms with Crippen molar-refractivity contribution in [2.75, 3.05) is 0 Å². The molecule has 0 bridgehead atoms. The molecular formula is C20H21NO2. The molecule has 2 aromatic rings. The number of ether oxygens (including phenoxy) is 1. The van der Waals surface area contributed by atoms with Gasteiger partial charge in [-0.1, -0.05) is 67.6 Å². The Morgan fingerprint density at radius 3 is 2.17 bits per heavy atom. The molecule has 0 aromatic heterocycles. The van der Waals surface area contributed by atoms with Crippen LogP contribution in [0.25, 0.3) is 0 Å². The molecule has 23 heavy (non-hydrogen) atoms. The molecule has 1 aliphatic heterocycles. The van der Waals surface area contributed by atoms with Crippen molar-refractivity contribution < 1.29 is 9.53 Å². The lowest BCUT2D eigenvalue weighted by atomic mass is 10.1. The second-order valence-corrected chi connectivity index (χ2v) is 5.70. The second kappa shape index (κ2) is 7.14. The first-order valence-corrected chi connectivity index (χ1v) is 8.00. The summed E-state index contributed by atoms with van der Waals surface area (Å²) in [5, 5.41) is 0. The largest absolute Gasteiger partial charge is 0.491 e. The maximum absolute atomic E-state index is 12.3. The van der Waals surface area contributed by atoms with Gasteiger partial charge in [0.25, 0.3) is 5.91 Å². The fraction of sp³-hybridized carbons (Fsp3) is 0.250. The Bertz CT molecular complexity index is 679. The van der Waals surface area contributed by atoms with E-state index in [2.05, 4.69) is 6.92 Å². The molecule has 0 N–H and O–H groups in total. The molecule has 0 saturated carbocycles. The van der Waals surface area contributed by atoms with Crippen LogP contribution in [-0.2, 0) is 22.7 Å². The first-order chi connectivity index (χ1) is 11.3. The van der Waals surface area contributed by atoms with Crippen LogP contribution in [-0.4, -0.2) is 16.8 Å². The Morgan fingerprint density at radius 2 is 1.57 bits per heavy atom. The highest BCUT2D eigenvalue weighted by Gasteiger charge is 2.32. The Balaban J connectivity index is 1.67. The molecular weight excluding hydrogens is 286 g/mol. The van der Waals surface area contributed by atoms with Crippen molar-refractivity contribution in [3.63, 3.8) is 0 Å². The van der Waals surface area contributed by atoms with Crippen molar-refractivity contribution in [1.29, 1.82) is 0 Å². The molecule has 118 valence electrons. The van der Waals surface area contributed by atoms with Gasteiger partial charge in [0.2, 0.25) is 0 Å². The molecule has 3 heteroatoms. The highest BCUT2D eigenvalue weighted by Crippen LogP contribution is 2.26.